The van der Waals surface area contributed by atoms with Gasteiger partial charge in [-0.3, -0.25) is 9.59 Å². The summed E-state index contributed by atoms with van der Waals surface area (Å²) in [6, 6.07) is 3.91. The summed E-state index contributed by atoms with van der Waals surface area (Å²) < 4.78 is 13.4. The summed E-state index contributed by atoms with van der Waals surface area (Å²) in [5, 5.41) is 11.3. The Morgan fingerprint density at radius 3 is 2.74 bits per heavy atom. The van der Waals surface area contributed by atoms with E-state index in [1.807, 2.05) is 0 Å². The average Bonchev–Trinajstić information content (AvgIpc) is 2.32. The third-order valence-electron chi connectivity index (χ3n) is 2.80. The first-order chi connectivity index (χ1) is 8.99. The summed E-state index contributed by atoms with van der Waals surface area (Å²) in [6.07, 6.45) is -0.499. The minimum Gasteiger partial charge on any atom is -0.389 e. The third kappa shape index (κ3) is 3.02. The molecule has 1 aromatic rings. The fourth-order valence-electron chi connectivity index (χ4n) is 1.73. The van der Waals surface area contributed by atoms with Crippen molar-refractivity contribution >= 4 is 23.4 Å². The topological polar surface area (TPSA) is 69.6 Å². The number of likely N-dealkylation sites (tertiary alicyclic amines) is 1. The van der Waals surface area contributed by atoms with Gasteiger partial charge in [0.2, 0.25) is 5.91 Å². The van der Waals surface area contributed by atoms with Gasteiger partial charge in [0.25, 0.3) is 5.91 Å². The minimum absolute atomic E-state index is 0.00989. The van der Waals surface area contributed by atoms with Crippen LogP contribution in [0.1, 0.15) is 10.4 Å². The van der Waals surface area contributed by atoms with E-state index in [0.29, 0.717) is 0 Å². The maximum Gasteiger partial charge on any atom is 0.256 e. The largest absolute Gasteiger partial charge is 0.389 e. The molecule has 2 N–H and O–H groups in total. The Morgan fingerprint density at radius 1 is 1.47 bits per heavy atom. The van der Waals surface area contributed by atoms with E-state index in [1.54, 1.807) is 0 Å². The summed E-state index contributed by atoms with van der Waals surface area (Å²) >= 11 is 5.73. The number of nitrogens with zero attached hydrogens (tertiary/aromatic N) is 1. The van der Waals surface area contributed by atoms with Gasteiger partial charge in [-0.2, -0.15) is 0 Å². The summed E-state index contributed by atoms with van der Waals surface area (Å²) in [5.41, 5.74) is -0.277. The molecule has 1 fully saturated rings. The Bertz CT molecular complexity index is 497. The van der Waals surface area contributed by atoms with Gasteiger partial charge in [-0.1, -0.05) is 17.7 Å². The van der Waals surface area contributed by atoms with Crippen molar-refractivity contribution < 1.29 is 19.1 Å². The van der Waals surface area contributed by atoms with Crippen molar-refractivity contribution in [3.63, 3.8) is 0 Å². The van der Waals surface area contributed by atoms with Crippen molar-refractivity contribution in [3.8, 4) is 0 Å². The van der Waals surface area contributed by atoms with Crippen molar-refractivity contribution in [2.24, 2.45) is 0 Å². The molecule has 1 saturated heterocycles. The van der Waals surface area contributed by atoms with Crippen molar-refractivity contribution in [3.05, 3.63) is 34.6 Å². The van der Waals surface area contributed by atoms with Crippen LogP contribution in [0.4, 0.5) is 4.39 Å². The van der Waals surface area contributed by atoms with Crippen molar-refractivity contribution in [1.29, 1.82) is 0 Å². The quantitative estimate of drug-likeness (QED) is 0.846. The van der Waals surface area contributed by atoms with Gasteiger partial charge in [-0.05, 0) is 12.1 Å². The van der Waals surface area contributed by atoms with Crippen molar-refractivity contribution in [2.45, 2.75) is 6.10 Å². The van der Waals surface area contributed by atoms with E-state index in [2.05, 4.69) is 5.32 Å². The van der Waals surface area contributed by atoms with E-state index in [0.717, 1.165) is 6.07 Å². The van der Waals surface area contributed by atoms with Gasteiger partial charge in [-0.25, -0.2) is 4.39 Å². The lowest BCUT2D eigenvalue weighted by Crippen LogP contribution is -2.55. The second kappa shape index (κ2) is 5.54. The molecular weight excluding hydrogens is 275 g/mol. The number of halogens is 2. The first-order valence-corrected chi connectivity index (χ1v) is 6.05. The maximum absolute atomic E-state index is 13.4. The van der Waals surface area contributed by atoms with Crippen LogP contribution in [0.25, 0.3) is 0 Å². The Morgan fingerprint density at radius 2 is 2.16 bits per heavy atom. The normalized spacial score (nSPS) is 15.0. The Kier molecular flexibility index (Phi) is 4.01. The number of hydrogen-bond acceptors (Lipinski definition) is 3. The van der Waals surface area contributed by atoms with Gasteiger partial charge in [0.1, 0.15) is 5.82 Å². The molecule has 0 spiro atoms. The van der Waals surface area contributed by atoms with E-state index in [1.165, 1.54) is 17.0 Å². The Balaban J connectivity index is 1.93. The fourth-order valence-corrected chi connectivity index (χ4v) is 1.98. The smallest absolute Gasteiger partial charge is 0.256 e. The van der Waals surface area contributed by atoms with E-state index >= 15 is 0 Å². The highest BCUT2D eigenvalue weighted by atomic mass is 35.5. The number of aliphatic hydroxyl groups is 1. The molecule has 0 saturated carbocycles. The number of carbonyl (C=O) groups excluding carboxylic acids is 2. The molecule has 2 rings (SSSR count). The molecular formula is C12H12ClFN2O3. The van der Waals surface area contributed by atoms with Gasteiger partial charge in [0.05, 0.1) is 23.2 Å². The van der Waals surface area contributed by atoms with Crippen LogP contribution in [0, 0.1) is 5.82 Å². The van der Waals surface area contributed by atoms with Gasteiger partial charge in [0, 0.05) is 13.1 Å². The van der Waals surface area contributed by atoms with Crippen LogP contribution in [0.2, 0.25) is 5.02 Å². The summed E-state index contributed by atoms with van der Waals surface area (Å²) in [6.45, 7) is 0.264. The molecule has 1 aliphatic rings. The van der Waals surface area contributed by atoms with E-state index in [9.17, 15) is 14.0 Å². The predicted molar refractivity (Wildman–Crippen MR) is 66.3 cm³/mol. The lowest BCUT2D eigenvalue weighted by atomic mass is 10.1. The van der Waals surface area contributed by atoms with Gasteiger partial charge in [-0.15, -0.1) is 0 Å². The minimum atomic E-state index is -0.739. The number of nitrogens with one attached hydrogen (secondary N) is 1. The first-order valence-electron chi connectivity index (χ1n) is 5.67. The standard InChI is InChI=1S/C12H12ClFN2O3/c13-8-2-1-3-9(14)11(8)12(19)15-4-10(18)16-5-7(17)6-16/h1-3,7,17H,4-6H2,(H,15,19). The SMILES string of the molecule is O=C(NCC(=O)N1CC(O)C1)c1c(F)cccc1Cl. The average molecular weight is 287 g/mol. The van der Waals surface area contributed by atoms with E-state index < -0.39 is 17.8 Å². The highest BCUT2D eigenvalue weighted by Gasteiger charge is 2.28. The fraction of sp³-hybridized carbons (Fsp3) is 0.333. The second-order valence-corrected chi connectivity index (χ2v) is 4.64. The molecule has 102 valence electrons. The molecule has 0 aromatic heterocycles. The first kappa shape index (κ1) is 13.8. The number of carbonyl (C=O) groups is 2. The van der Waals surface area contributed by atoms with Crippen LogP contribution < -0.4 is 5.32 Å². The van der Waals surface area contributed by atoms with Crippen molar-refractivity contribution in [2.75, 3.05) is 19.6 Å². The third-order valence-corrected chi connectivity index (χ3v) is 3.12. The van der Waals surface area contributed by atoms with Gasteiger partial charge < -0.3 is 15.3 Å². The lowest BCUT2D eigenvalue weighted by molar-refractivity contribution is -0.140. The van der Waals surface area contributed by atoms with Gasteiger partial charge >= 0.3 is 0 Å². The summed E-state index contributed by atoms with van der Waals surface area (Å²) in [7, 11) is 0. The van der Waals surface area contributed by atoms with Crippen LogP contribution in [0.3, 0.4) is 0 Å². The summed E-state index contributed by atoms with van der Waals surface area (Å²) in [4.78, 5) is 24.7. The predicted octanol–water partition coefficient (Wildman–Crippen LogP) is 0.412. The van der Waals surface area contributed by atoms with Crippen LogP contribution >= 0.6 is 11.6 Å². The van der Waals surface area contributed by atoms with Crippen molar-refractivity contribution in [1.82, 2.24) is 10.2 Å². The van der Waals surface area contributed by atoms with Crippen LogP contribution in [0.5, 0.6) is 0 Å². The molecule has 0 unspecified atom stereocenters. The Labute approximate surface area is 114 Å². The lowest BCUT2D eigenvalue weighted by Gasteiger charge is -2.35. The molecule has 0 bridgehead atoms. The maximum atomic E-state index is 13.4. The molecule has 1 aromatic carbocycles. The van der Waals surface area contributed by atoms with Crippen LogP contribution in [-0.4, -0.2) is 47.6 Å². The van der Waals surface area contributed by atoms with Crippen LogP contribution in [0.15, 0.2) is 18.2 Å². The molecule has 1 aliphatic heterocycles. The monoisotopic (exact) mass is 286 g/mol. The zero-order valence-electron chi connectivity index (χ0n) is 9.90. The number of hydrogen-bond donors (Lipinski definition) is 2. The molecule has 0 aliphatic carbocycles. The van der Waals surface area contributed by atoms with E-state index in [-0.39, 0.29) is 36.1 Å². The molecule has 2 amide bonds. The highest BCUT2D eigenvalue weighted by molar-refractivity contribution is 6.33. The number of rotatable bonds is 3. The molecule has 0 atom stereocenters. The number of benzene rings is 1. The van der Waals surface area contributed by atoms with Gasteiger partial charge in [0.15, 0.2) is 0 Å². The number of β-amino-alcohol motifs (C(OH)–C–C–N with tert-alkyl or cyclic N) is 1. The highest BCUT2D eigenvalue weighted by Crippen LogP contribution is 2.18. The van der Waals surface area contributed by atoms with E-state index in [4.69, 9.17) is 16.7 Å². The second-order valence-electron chi connectivity index (χ2n) is 4.23. The molecule has 0 radical (unpaired) electrons. The Hall–Kier alpha value is -1.66. The zero-order chi connectivity index (χ0) is 14.0. The molecule has 5 nitrogen and oxygen atoms in total. The summed E-state index contributed by atoms with van der Waals surface area (Å²) in [5.74, 6) is -1.81. The number of aliphatic hydroxyl groups excluding tert-OH is 1. The zero-order valence-corrected chi connectivity index (χ0v) is 10.7. The molecule has 7 heteroatoms. The molecule has 19 heavy (non-hydrogen) atoms. The molecule has 1 heterocycles. The number of amides is 2. The van der Waals surface area contributed by atoms with Crippen LogP contribution in [-0.2, 0) is 4.79 Å².